The van der Waals surface area contributed by atoms with Crippen LogP contribution in [-0.2, 0) is 26.6 Å². The van der Waals surface area contributed by atoms with Gasteiger partial charge in [0.05, 0.1) is 18.0 Å². The number of rotatable bonds is 16. The van der Waals surface area contributed by atoms with Crippen LogP contribution in [-0.4, -0.2) is 58.0 Å². The molecule has 4 rings (SSSR count). The fourth-order valence-corrected chi connectivity index (χ4v) is 7.69. The monoisotopic (exact) mass is 650 g/mol. The van der Waals surface area contributed by atoms with Gasteiger partial charge in [-0.2, -0.15) is 0 Å². The smallest absolute Gasteiger partial charge is 0.224 e. The molecule has 10 heteroatoms. The van der Waals surface area contributed by atoms with Crippen LogP contribution in [0.25, 0.3) is 11.3 Å². The summed E-state index contributed by atoms with van der Waals surface area (Å²) in [4.78, 5) is 42.4. The molecule has 1 aliphatic carbocycles. The number of benzene rings is 2. The molecule has 1 amide bonds. The van der Waals surface area contributed by atoms with Gasteiger partial charge in [0.25, 0.3) is 0 Å². The third-order valence-electron chi connectivity index (χ3n) is 8.90. The van der Waals surface area contributed by atoms with Crippen molar-refractivity contribution in [2.75, 3.05) is 14.2 Å². The zero-order valence-corrected chi connectivity index (χ0v) is 28.6. The minimum absolute atomic E-state index is 0.0162. The van der Waals surface area contributed by atoms with Crippen molar-refractivity contribution in [1.29, 1.82) is 0 Å². The number of likely N-dealkylation sites (N-methyl/N-ethyl adjacent to an activating group) is 1. The zero-order valence-electron chi connectivity index (χ0n) is 27.0. The third-order valence-corrected chi connectivity index (χ3v) is 11.1. The molecule has 45 heavy (non-hydrogen) atoms. The number of hydrogen-bond acceptors (Lipinski definition) is 9. The Kier molecular flexibility index (Phi) is 12.7. The summed E-state index contributed by atoms with van der Waals surface area (Å²) in [6.45, 7) is 5.85. The number of nitrogens with zero attached hydrogens (tertiary/aromatic N) is 2. The summed E-state index contributed by atoms with van der Waals surface area (Å²) in [6, 6.07) is 16.5. The number of aromatic nitrogens is 2. The van der Waals surface area contributed by atoms with Crippen LogP contribution in [0.3, 0.4) is 0 Å². The SMILES string of the molecule is CN[C@@H](C)C(=O)C[C@H](C(=O)N[C@H](C(=O)Cc1snnc1-c1ccccc1)C(C)(C)SCc1ccc(OC)cc1)C1CCCCC1. The topological polar surface area (TPSA) is 110 Å². The van der Waals surface area contributed by atoms with Gasteiger partial charge >= 0.3 is 0 Å². The average Bonchev–Trinajstić information content (AvgIpc) is 3.53. The van der Waals surface area contributed by atoms with Gasteiger partial charge in [0, 0.05) is 34.8 Å². The van der Waals surface area contributed by atoms with Gasteiger partial charge in [0.15, 0.2) is 5.78 Å². The fraction of sp³-hybridized carbons (Fsp3) is 0.514. The van der Waals surface area contributed by atoms with Crippen LogP contribution in [0.2, 0.25) is 0 Å². The molecular formula is C35H46N4O4S2. The lowest BCUT2D eigenvalue weighted by molar-refractivity contribution is -0.135. The van der Waals surface area contributed by atoms with Crippen molar-refractivity contribution in [2.24, 2.45) is 11.8 Å². The molecule has 2 aromatic carbocycles. The summed E-state index contributed by atoms with van der Waals surface area (Å²) in [5.74, 6) is 0.785. The Hall–Kier alpha value is -3.08. The van der Waals surface area contributed by atoms with Crippen molar-refractivity contribution in [3.8, 4) is 17.0 Å². The van der Waals surface area contributed by atoms with E-state index < -0.39 is 16.7 Å². The Bertz CT molecular complexity index is 1400. The highest BCUT2D eigenvalue weighted by Crippen LogP contribution is 2.36. The first-order valence-corrected chi connectivity index (χ1v) is 17.6. The summed E-state index contributed by atoms with van der Waals surface area (Å²) in [5, 5.41) is 10.6. The Morgan fingerprint density at radius 2 is 1.71 bits per heavy atom. The molecule has 0 saturated heterocycles. The maximum Gasteiger partial charge on any atom is 0.224 e. The van der Waals surface area contributed by atoms with Gasteiger partial charge in [0.2, 0.25) is 5.91 Å². The van der Waals surface area contributed by atoms with Crippen LogP contribution >= 0.6 is 23.3 Å². The van der Waals surface area contributed by atoms with Gasteiger partial charge in [-0.25, -0.2) is 0 Å². The molecule has 242 valence electrons. The summed E-state index contributed by atoms with van der Waals surface area (Å²) >= 11 is 2.84. The van der Waals surface area contributed by atoms with E-state index in [4.69, 9.17) is 4.74 Å². The van der Waals surface area contributed by atoms with Crippen LogP contribution in [0.15, 0.2) is 54.6 Å². The molecule has 0 spiro atoms. The van der Waals surface area contributed by atoms with E-state index >= 15 is 0 Å². The molecule has 0 bridgehead atoms. The highest BCUT2D eigenvalue weighted by atomic mass is 32.2. The van der Waals surface area contributed by atoms with Crippen LogP contribution in [0, 0.1) is 11.8 Å². The van der Waals surface area contributed by atoms with Gasteiger partial charge in [0.1, 0.15) is 23.3 Å². The number of amides is 1. The molecule has 2 N–H and O–H groups in total. The molecule has 1 fully saturated rings. The van der Waals surface area contributed by atoms with Crippen molar-refractivity contribution >= 4 is 40.8 Å². The molecule has 3 aromatic rings. The Labute approximate surface area is 275 Å². The van der Waals surface area contributed by atoms with E-state index in [2.05, 4.69) is 20.2 Å². The number of carbonyl (C=O) groups is 3. The second kappa shape index (κ2) is 16.5. The van der Waals surface area contributed by atoms with Crippen molar-refractivity contribution in [1.82, 2.24) is 20.2 Å². The molecule has 0 unspecified atom stereocenters. The summed E-state index contributed by atoms with van der Waals surface area (Å²) in [5.41, 5.74) is 2.68. The van der Waals surface area contributed by atoms with E-state index in [1.807, 2.05) is 75.4 Å². The number of ether oxygens (including phenoxy) is 1. The molecule has 0 aliphatic heterocycles. The lowest BCUT2D eigenvalue weighted by Gasteiger charge is -2.36. The summed E-state index contributed by atoms with van der Waals surface area (Å²) in [6.07, 6.45) is 5.35. The van der Waals surface area contributed by atoms with Crippen LogP contribution in [0.4, 0.5) is 0 Å². The maximum absolute atomic E-state index is 14.3. The largest absolute Gasteiger partial charge is 0.497 e. The zero-order chi connectivity index (χ0) is 32.4. The number of thioether (sulfide) groups is 1. The molecule has 1 saturated carbocycles. The van der Waals surface area contributed by atoms with Gasteiger partial charge in [-0.05, 0) is 75.8 Å². The number of carbonyl (C=O) groups excluding carboxylic acids is 3. The Morgan fingerprint density at radius 1 is 1.02 bits per heavy atom. The highest BCUT2D eigenvalue weighted by molar-refractivity contribution is 7.99. The van der Waals surface area contributed by atoms with Crippen molar-refractivity contribution in [3.05, 3.63) is 65.0 Å². The van der Waals surface area contributed by atoms with Gasteiger partial charge in [-0.1, -0.05) is 66.2 Å². The minimum Gasteiger partial charge on any atom is -0.497 e. The Balaban J connectivity index is 1.60. The predicted octanol–water partition coefficient (Wildman–Crippen LogP) is 6.29. The predicted molar refractivity (Wildman–Crippen MR) is 183 cm³/mol. The maximum atomic E-state index is 14.3. The van der Waals surface area contributed by atoms with E-state index in [0.717, 1.165) is 53.9 Å². The van der Waals surface area contributed by atoms with E-state index in [1.165, 1.54) is 11.5 Å². The van der Waals surface area contributed by atoms with E-state index in [1.54, 1.807) is 25.9 Å². The molecule has 1 aliphatic rings. The van der Waals surface area contributed by atoms with Gasteiger partial charge < -0.3 is 15.4 Å². The number of Topliss-reactive ketones (excluding diaryl/α,β-unsaturated/α-hetero) is 2. The van der Waals surface area contributed by atoms with Crippen LogP contribution in [0.5, 0.6) is 5.75 Å². The van der Waals surface area contributed by atoms with Gasteiger partial charge in [-0.3, -0.25) is 14.4 Å². The molecule has 1 aromatic heterocycles. The third kappa shape index (κ3) is 9.47. The summed E-state index contributed by atoms with van der Waals surface area (Å²) in [7, 11) is 3.40. The standard InChI is InChI=1S/C35H46N4O4S2/c1-23(36-4)29(40)20-28(25-12-8-6-9-13-25)34(42)37-33(35(2,3)44-22-24-16-18-27(43-5)19-17-24)30(41)21-31-32(38-39-45-31)26-14-10-7-11-15-26/h7,10-11,14-19,23,25,28,33,36H,6,8-9,12-13,20-22H2,1-5H3,(H,37,42)/t23-,28-,33+/m0/s1. The number of methoxy groups -OCH3 is 1. The molecule has 1 heterocycles. The number of hydrogen-bond donors (Lipinski definition) is 2. The molecule has 8 nitrogen and oxygen atoms in total. The fourth-order valence-electron chi connectivity index (χ4n) is 5.93. The lowest BCUT2D eigenvalue weighted by Crippen LogP contribution is -2.55. The van der Waals surface area contributed by atoms with E-state index in [0.29, 0.717) is 11.4 Å². The quantitative estimate of drug-likeness (QED) is 0.186. The number of ketones is 2. The van der Waals surface area contributed by atoms with E-state index in [9.17, 15) is 14.4 Å². The minimum atomic E-state index is -0.790. The number of nitrogens with one attached hydrogen (secondary N) is 2. The van der Waals surface area contributed by atoms with Crippen LogP contribution < -0.4 is 15.4 Å². The normalized spacial score (nSPS) is 16.0. The highest BCUT2D eigenvalue weighted by Gasteiger charge is 2.40. The lowest BCUT2D eigenvalue weighted by atomic mass is 9.76. The van der Waals surface area contributed by atoms with Crippen LogP contribution in [0.1, 0.15) is 69.7 Å². The van der Waals surface area contributed by atoms with Crippen molar-refractivity contribution in [2.45, 2.75) is 88.3 Å². The van der Waals surface area contributed by atoms with Crippen molar-refractivity contribution < 1.29 is 19.1 Å². The second-order valence-corrected chi connectivity index (χ2v) is 14.9. The van der Waals surface area contributed by atoms with Gasteiger partial charge in [-0.15, -0.1) is 16.9 Å². The second-order valence-electron chi connectivity index (χ2n) is 12.4. The molecule has 3 atom stereocenters. The molecular weight excluding hydrogens is 605 g/mol. The van der Waals surface area contributed by atoms with Crippen molar-refractivity contribution in [3.63, 3.8) is 0 Å². The molecule has 0 radical (unpaired) electrons. The summed E-state index contributed by atoms with van der Waals surface area (Å²) < 4.78 is 8.81. The van der Waals surface area contributed by atoms with E-state index in [-0.39, 0.29) is 42.3 Å². The first kappa shape index (κ1) is 34.8. The Morgan fingerprint density at radius 3 is 2.36 bits per heavy atom. The average molecular weight is 651 g/mol. The first-order valence-electron chi connectivity index (χ1n) is 15.8. The first-order chi connectivity index (χ1) is 21.6.